The average molecular weight is 783 g/mol. The van der Waals surface area contributed by atoms with Crippen LogP contribution in [0.15, 0.2) is 68.3 Å². The summed E-state index contributed by atoms with van der Waals surface area (Å²) in [5.74, 6) is -0.611. The number of piperazine rings is 1. The molecule has 2 amide bonds. The molecule has 254 valence electrons. The van der Waals surface area contributed by atoms with E-state index in [2.05, 4.69) is 53.7 Å². The predicted octanol–water partition coefficient (Wildman–Crippen LogP) is 5.79. The Labute approximate surface area is 296 Å². The van der Waals surface area contributed by atoms with Crippen molar-refractivity contribution in [3.05, 3.63) is 79.6 Å². The van der Waals surface area contributed by atoms with Gasteiger partial charge in [-0.1, -0.05) is 36.4 Å². The predicted molar refractivity (Wildman–Crippen MR) is 195 cm³/mol. The van der Waals surface area contributed by atoms with E-state index in [4.69, 9.17) is 0 Å². The fraction of sp³-hybridized carbons (Fsp3) is 0.472. The van der Waals surface area contributed by atoms with Gasteiger partial charge in [0.05, 0.1) is 17.0 Å². The van der Waals surface area contributed by atoms with E-state index >= 15 is 0 Å². The molecule has 0 saturated carbocycles. The minimum Gasteiger partial charge on any atom is -0.465 e. The van der Waals surface area contributed by atoms with E-state index in [1.54, 1.807) is 4.57 Å². The van der Waals surface area contributed by atoms with Crippen LogP contribution in [0, 0.1) is 5.92 Å². The summed E-state index contributed by atoms with van der Waals surface area (Å²) in [5.41, 5.74) is 2.33. The second-order valence-corrected chi connectivity index (χ2v) is 15.4. The van der Waals surface area contributed by atoms with Crippen molar-refractivity contribution >= 4 is 65.7 Å². The van der Waals surface area contributed by atoms with Gasteiger partial charge in [-0.25, -0.2) is 9.59 Å². The smallest absolute Gasteiger partial charge is 0.407 e. The van der Waals surface area contributed by atoms with Gasteiger partial charge in [0.2, 0.25) is 5.91 Å². The molecule has 3 aliphatic rings. The average Bonchev–Trinajstić information content (AvgIpc) is 3.44. The molecular weight excluding hydrogens is 740 g/mol. The number of carbonyl (C=O) groups excluding carboxylic acids is 1. The molecule has 12 heteroatoms. The first-order chi connectivity index (χ1) is 23.2. The van der Waals surface area contributed by atoms with Gasteiger partial charge in [-0.05, 0) is 113 Å². The Morgan fingerprint density at radius 2 is 1.62 bits per heavy atom. The van der Waals surface area contributed by atoms with Gasteiger partial charge in [-0.2, -0.15) is 0 Å². The molecule has 4 aromatic rings. The van der Waals surface area contributed by atoms with E-state index in [1.165, 1.54) is 4.90 Å². The van der Waals surface area contributed by atoms with Crippen LogP contribution in [-0.4, -0.2) is 111 Å². The molecule has 3 aliphatic heterocycles. The summed E-state index contributed by atoms with van der Waals surface area (Å²) in [6.45, 7) is 5.34. The van der Waals surface area contributed by atoms with Crippen molar-refractivity contribution in [1.82, 2.24) is 29.2 Å². The number of nitrogens with one attached hydrogen (secondary N) is 1. The molecule has 2 unspecified atom stereocenters. The van der Waals surface area contributed by atoms with Gasteiger partial charge in [-0.3, -0.25) is 14.3 Å². The van der Waals surface area contributed by atoms with Crippen LogP contribution in [0.4, 0.5) is 4.79 Å². The fourth-order valence-corrected chi connectivity index (χ4v) is 8.95. The molecule has 0 aliphatic carbocycles. The van der Waals surface area contributed by atoms with Gasteiger partial charge in [0.1, 0.15) is 0 Å². The standard InChI is InChI=1S/C36H42Br2N6O4/c1-40-13-10-25(11-14-40)41-16-18-42(19-17-41)34(45)28(20-23-6-8-29(37)30(38)21-23)32-22-26(12-15-43(32)36(47)48)44-31-9-7-24-4-2-3-5-27(24)33(31)39-35(44)46/h2-9,21,25-26,28,32H,10-20,22H2,1H3,(H,39,46)(H,47,48)/t26?,28?,32-/m1/s1. The first-order valence-electron chi connectivity index (χ1n) is 16.9. The number of hydrogen-bond acceptors (Lipinski definition) is 5. The van der Waals surface area contributed by atoms with E-state index in [1.807, 2.05) is 59.5 Å². The number of imidazole rings is 1. The van der Waals surface area contributed by atoms with Crippen LogP contribution in [0.3, 0.4) is 0 Å². The number of aromatic nitrogens is 2. The van der Waals surface area contributed by atoms with Gasteiger partial charge >= 0.3 is 11.8 Å². The summed E-state index contributed by atoms with van der Waals surface area (Å²) in [4.78, 5) is 52.4. The van der Waals surface area contributed by atoms with Crippen molar-refractivity contribution in [2.75, 3.05) is 52.9 Å². The molecule has 3 atom stereocenters. The molecule has 3 fully saturated rings. The number of H-pyrrole nitrogens is 1. The highest BCUT2D eigenvalue weighted by molar-refractivity contribution is 9.13. The molecule has 1 aromatic heterocycles. The number of hydrogen-bond donors (Lipinski definition) is 2. The maximum Gasteiger partial charge on any atom is 0.407 e. The monoisotopic (exact) mass is 780 g/mol. The fourth-order valence-electron chi connectivity index (χ4n) is 8.27. The van der Waals surface area contributed by atoms with Gasteiger partial charge < -0.3 is 24.8 Å². The number of nitrogens with zero attached hydrogens (tertiary/aromatic N) is 5. The van der Waals surface area contributed by atoms with E-state index in [-0.39, 0.29) is 24.2 Å². The minimum atomic E-state index is -1.03. The molecule has 2 N–H and O–H groups in total. The Hall–Kier alpha value is -3.19. The maximum absolute atomic E-state index is 14.7. The molecule has 3 saturated heterocycles. The summed E-state index contributed by atoms with van der Waals surface area (Å²) >= 11 is 7.17. The summed E-state index contributed by atoms with van der Waals surface area (Å²) in [5, 5.41) is 12.5. The van der Waals surface area contributed by atoms with Crippen LogP contribution in [0.25, 0.3) is 21.8 Å². The van der Waals surface area contributed by atoms with E-state index in [0.29, 0.717) is 38.4 Å². The third kappa shape index (κ3) is 6.56. The number of piperidine rings is 2. The van der Waals surface area contributed by atoms with Crippen molar-refractivity contribution in [2.45, 2.75) is 50.2 Å². The lowest BCUT2D eigenvalue weighted by Crippen LogP contribution is -2.58. The van der Waals surface area contributed by atoms with Gasteiger partial charge in [0.15, 0.2) is 0 Å². The number of rotatable bonds is 6. The Morgan fingerprint density at radius 1 is 0.896 bits per heavy atom. The highest BCUT2D eigenvalue weighted by Gasteiger charge is 2.43. The normalized spacial score (nSPS) is 22.4. The van der Waals surface area contributed by atoms with Crippen molar-refractivity contribution < 1.29 is 14.7 Å². The molecule has 10 nitrogen and oxygen atoms in total. The third-order valence-electron chi connectivity index (χ3n) is 10.9. The molecule has 3 aromatic carbocycles. The minimum absolute atomic E-state index is 0.00811. The number of carboxylic acid groups (broad SMARTS) is 1. The van der Waals surface area contributed by atoms with Crippen LogP contribution < -0.4 is 5.69 Å². The number of amides is 2. The summed E-state index contributed by atoms with van der Waals surface area (Å²) < 4.78 is 3.59. The number of benzene rings is 3. The lowest BCUT2D eigenvalue weighted by Gasteiger charge is -2.45. The largest absolute Gasteiger partial charge is 0.465 e. The van der Waals surface area contributed by atoms with Crippen molar-refractivity contribution in [3.63, 3.8) is 0 Å². The molecule has 0 radical (unpaired) electrons. The van der Waals surface area contributed by atoms with E-state index < -0.39 is 18.1 Å². The number of halogens is 2. The van der Waals surface area contributed by atoms with Crippen molar-refractivity contribution in [1.29, 1.82) is 0 Å². The molecule has 0 spiro atoms. The topological polar surface area (TPSA) is 105 Å². The lowest BCUT2D eigenvalue weighted by molar-refractivity contribution is -0.140. The third-order valence-corrected chi connectivity index (χ3v) is 12.8. The van der Waals surface area contributed by atoms with Gasteiger partial charge in [-0.15, -0.1) is 0 Å². The summed E-state index contributed by atoms with van der Waals surface area (Å²) in [6.07, 6.45) is 2.52. The van der Waals surface area contributed by atoms with Crippen LogP contribution in [0.5, 0.6) is 0 Å². The van der Waals surface area contributed by atoms with Gasteiger partial charge in [0, 0.05) is 65.2 Å². The van der Waals surface area contributed by atoms with Crippen molar-refractivity contribution in [2.24, 2.45) is 5.92 Å². The highest BCUT2D eigenvalue weighted by Crippen LogP contribution is 2.36. The number of carbonyl (C=O) groups is 2. The molecule has 0 bridgehead atoms. The second kappa shape index (κ2) is 14.0. The molecule has 4 heterocycles. The first kappa shape index (κ1) is 33.3. The Bertz CT molecular complexity index is 1880. The zero-order chi connectivity index (χ0) is 33.5. The van der Waals surface area contributed by atoms with Crippen LogP contribution in [0.2, 0.25) is 0 Å². The molecule has 48 heavy (non-hydrogen) atoms. The summed E-state index contributed by atoms with van der Waals surface area (Å²) in [7, 11) is 2.17. The maximum atomic E-state index is 14.7. The van der Waals surface area contributed by atoms with Gasteiger partial charge in [0.25, 0.3) is 0 Å². The van der Waals surface area contributed by atoms with Crippen LogP contribution >= 0.6 is 31.9 Å². The molecular formula is C36H42Br2N6O4. The lowest BCUT2D eigenvalue weighted by atomic mass is 9.82. The first-order valence-corrected chi connectivity index (χ1v) is 18.5. The van der Waals surface area contributed by atoms with E-state index in [0.717, 1.165) is 75.3 Å². The Morgan fingerprint density at radius 3 is 2.35 bits per heavy atom. The number of aromatic amines is 1. The highest BCUT2D eigenvalue weighted by atomic mass is 79.9. The zero-order valence-corrected chi connectivity index (χ0v) is 30.3. The Kier molecular flexibility index (Phi) is 9.70. The van der Waals surface area contributed by atoms with Crippen LogP contribution in [-0.2, 0) is 11.2 Å². The molecule has 7 rings (SSSR count). The van der Waals surface area contributed by atoms with E-state index in [9.17, 15) is 19.5 Å². The zero-order valence-electron chi connectivity index (χ0n) is 27.2. The number of likely N-dealkylation sites (tertiary alicyclic amines) is 2. The Balaban J connectivity index is 1.20. The number of fused-ring (bicyclic) bond motifs is 3. The SMILES string of the molecule is CN1CCC(N2CCN(C(=O)C(Cc3ccc(Br)c(Br)c3)[C@H]3CC(n4c(=O)[nH]c5c6ccccc6ccc54)CCN3C(=O)O)CC2)CC1. The summed E-state index contributed by atoms with van der Waals surface area (Å²) in [6, 6.07) is 17.6. The van der Waals surface area contributed by atoms with Crippen LogP contribution in [0.1, 0.15) is 37.3 Å². The van der Waals surface area contributed by atoms with Crippen molar-refractivity contribution in [3.8, 4) is 0 Å². The second-order valence-electron chi connectivity index (χ2n) is 13.7. The quantitative estimate of drug-likeness (QED) is 0.257.